The van der Waals surface area contributed by atoms with Gasteiger partial charge in [-0.25, -0.2) is 4.39 Å². The largest absolute Gasteiger partial charge is 0.325 e. The lowest BCUT2D eigenvalue weighted by Gasteiger charge is -2.12. The summed E-state index contributed by atoms with van der Waals surface area (Å²) < 4.78 is 14.3. The molecule has 0 spiro atoms. The number of nitrogens with one attached hydrogen (secondary N) is 2. The minimum absolute atomic E-state index is 0.205. The first kappa shape index (κ1) is 16.2. The van der Waals surface area contributed by atoms with Crippen LogP contribution in [0.2, 0.25) is 0 Å². The number of rotatable bonds is 3. The van der Waals surface area contributed by atoms with Gasteiger partial charge in [-0.2, -0.15) is 0 Å². The first-order valence-electron chi connectivity index (χ1n) is 6.51. The summed E-state index contributed by atoms with van der Waals surface area (Å²) in [4.78, 5) is 23.4. The first-order chi connectivity index (χ1) is 10.4. The van der Waals surface area contributed by atoms with Crippen molar-refractivity contribution in [3.05, 3.63) is 57.8 Å². The van der Waals surface area contributed by atoms with Crippen LogP contribution < -0.4 is 10.6 Å². The van der Waals surface area contributed by atoms with E-state index in [1.807, 2.05) is 0 Å². The maximum atomic E-state index is 13.5. The van der Waals surface area contributed by atoms with Crippen LogP contribution in [0.5, 0.6) is 0 Å². The zero-order valence-corrected chi connectivity index (χ0v) is 13.6. The molecule has 0 aliphatic heterocycles. The van der Waals surface area contributed by atoms with Crippen molar-refractivity contribution in [1.29, 1.82) is 0 Å². The monoisotopic (exact) mass is 364 g/mol. The van der Waals surface area contributed by atoms with Crippen molar-refractivity contribution < 1.29 is 14.0 Å². The van der Waals surface area contributed by atoms with Crippen molar-refractivity contribution in [2.45, 2.75) is 13.8 Å². The number of halogens is 2. The summed E-state index contributed by atoms with van der Waals surface area (Å²) in [6.07, 6.45) is 0. The van der Waals surface area contributed by atoms with Gasteiger partial charge in [0.2, 0.25) is 5.91 Å². The maximum Gasteiger partial charge on any atom is 0.255 e. The van der Waals surface area contributed by atoms with Crippen molar-refractivity contribution in [2.75, 3.05) is 10.6 Å². The summed E-state index contributed by atoms with van der Waals surface area (Å²) in [5, 5.41) is 5.30. The molecule has 22 heavy (non-hydrogen) atoms. The third-order valence-electron chi connectivity index (χ3n) is 2.97. The highest BCUT2D eigenvalue weighted by Crippen LogP contribution is 2.26. The molecule has 0 unspecified atom stereocenters. The first-order valence-corrected chi connectivity index (χ1v) is 7.31. The molecule has 4 nitrogen and oxygen atoms in total. The number of aryl methyl sites for hydroxylation is 1. The molecule has 2 aromatic rings. The van der Waals surface area contributed by atoms with Crippen molar-refractivity contribution in [3.8, 4) is 0 Å². The lowest BCUT2D eigenvalue weighted by Crippen LogP contribution is -2.15. The van der Waals surface area contributed by atoms with E-state index in [9.17, 15) is 14.0 Å². The fourth-order valence-electron chi connectivity index (χ4n) is 1.85. The van der Waals surface area contributed by atoms with Crippen molar-refractivity contribution in [2.24, 2.45) is 0 Å². The quantitative estimate of drug-likeness (QED) is 0.860. The Labute approximate surface area is 135 Å². The normalized spacial score (nSPS) is 10.2. The molecule has 0 fully saturated rings. The zero-order valence-electron chi connectivity index (χ0n) is 12.0. The van der Waals surface area contributed by atoms with Crippen molar-refractivity contribution in [3.63, 3.8) is 0 Å². The molecule has 2 amide bonds. The molecule has 2 rings (SSSR count). The number of anilines is 2. The van der Waals surface area contributed by atoms with Gasteiger partial charge in [0.15, 0.2) is 0 Å². The van der Waals surface area contributed by atoms with Gasteiger partial charge in [0.05, 0.1) is 11.4 Å². The molecule has 0 aromatic heterocycles. The highest BCUT2D eigenvalue weighted by atomic mass is 79.9. The fourth-order valence-corrected chi connectivity index (χ4v) is 2.21. The summed E-state index contributed by atoms with van der Waals surface area (Å²) in [5.41, 5.74) is 1.57. The molecular formula is C16H14BrFN2O2. The van der Waals surface area contributed by atoms with Crippen LogP contribution in [0.3, 0.4) is 0 Å². The van der Waals surface area contributed by atoms with Gasteiger partial charge < -0.3 is 10.6 Å². The Morgan fingerprint density at radius 1 is 1.05 bits per heavy atom. The Bertz CT molecular complexity index is 747. The Morgan fingerprint density at radius 2 is 1.77 bits per heavy atom. The molecule has 0 aliphatic rings. The molecule has 0 atom stereocenters. The van der Waals surface area contributed by atoms with E-state index in [1.165, 1.54) is 13.0 Å². The molecular weight excluding hydrogens is 351 g/mol. The Balaban J connectivity index is 2.29. The lowest BCUT2D eigenvalue weighted by atomic mass is 10.1. The minimum Gasteiger partial charge on any atom is -0.325 e. The average Bonchev–Trinajstić information content (AvgIpc) is 2.44. The van der Waals surface area contributed by atoms with E-state index in [0.29, 0.717) is 16.9 Å². The zero-order chi connectivity index (χ0) is 16.3. The van der Waals surface area contributed by atoms with E-state index < -0.39 is 11.7 Å². The smallest absolute Gasteiger partial charge is 0.255 e. The van der Waals surface area contributed by atoms with E-state index in [-0.39, 0.29) is 11.5 Å². The number of carbonyl (C=O) groups excluding carboxylic acids is 2. The lowest BCUT2D eigenvalue weighted by molar-refractivity contribution is -0.114. The van der Waals surface area contributed by atoms with E-state index >= 15 is 0 Å². The Morgan fingerprint density at radius 3 is 2.41 bits per heavy atom. The van der Waals surface area contributed by atoms with Crippen LogP contribution in [-0.2, 0) is 4.79 Å². The third kappa shape index (κ3) is 3.92. The third-order valence-corrected chi connectivity index (χ3v) is 3.47. The number of amides is 2. The standard InChI is InChI=1S/C16H14BrFN2O2/c1-9-3-4-11(7-13(9)18)16(22)20-15-8-12(17)5-6-14(15)19-10(2)21/h3-8H,1-2H3,(H,19,21)(H,20,22). The number of carbonyl (C=O) groups is 2. The summed E-state index contributed by atoms with van der Waals surface area (Å²) >= 11 is 3.31. The van der Waals surface area contributed by atoms with E-state index in [0.717, 1.165) is 4.47 Å². The van der Waals surface area contributed by atoms with Crippen LogP contribution in [0.4, 0.5) is 15.8 Å². The minimum atomic E-state index is -0.455. The summed E-state index contributed by atoms with van der Waals surface area (Å²) in [6, 6.07) is 9.33. The second kappa shape index (κ2) is 6.70. The molecule has 0 aliphatic carbocycles. The van der Waals surface area contributed by atoms with Crippen molar-refractivity contribution in [1.82, 2.24) is 0 Å². The van der Waals surface area contributed by atoms with Crippen molar-refractivity contribution >= 4 is 39.1 Å². The molecule has 114 valence electrons. The fraction of sp³-hybridized carbons (Fsp3) is 0.125. The van der Waals surface area contributed by atoms with Gasteiger partial charge >= 0.3 is 0 Å². The molecule has 0 saturated heterocycles. The molecule has 2 N–H and O–H groups in total. The van der Waals surface area contributed by atoms with Gasteiger partial charge in [-0.3, -0.25) is 9.59 Å². The summed E-state index contributed by atoms with van der Waals surface area (Å²) in [5.74, 6) is -1.15. The molecule has 0 saturated carbocycles. The van der Waals surface area contributed by atoms with Gasteiger partial charge in [0.1, 0.15) is 5.82 Å². The number of benzene rings is 2. The average molecular weight is 365 g/mol. The summed E-state index contributed by atoms with van der Waals surface area (Å²) in [7, 11) is 0. The molecule has 6 heteroatoms. The predicted octanol–water partition coefficient (Wildman–Crippen LogP) is 4.11. The van der Waals surface area contributed by atoms with Crippen LogP contribution in [0.25, 0.3) is 0 Å². The van der Waals surface area contributed by atoms with Gasteiger partial charge in [-0.05, 0) is 42.8 Å². The van der Waals surface area contributed by atoms with Crippen LogP contribution in [-0.4, -0.2) is 11.8 Å². The molecule has 0 bridgehead atoms. The molecule has 2 aromatic carbocycles. The molecule has 0 heterocycles. The van der Waals surface area contributed by atoms with Gasteiger partial charge in [0.25, 0.3) is 5.91 Å². The molecule has 0 radical (unpaired) electrons. The van der Waals surface area contributed by atoms with E-state index in [1.54, 1.807) is 37.3 Å². The van der Waals surface area contributed by atoms with Gasteiger partial charge in [-0.1, -0.05) is 22.0 Å². The Kier molecular flexibility index (Phi) is 4.92. The maximum absolute atomic E-state index is 13.5. The van der Waals surface area contributed by atoms with Crippen LogP contribution in [0.1, 0.15) is 22.8 Å². The second-order valence-electron chi connectivity index (χ2n) is 4.79. The second-order valence-corrected chi connectivity index (χ2v) is 5.70. The van der Waals surface area contributed by atoms with Crippen LogP contribution in [0, 0.1) is 12.7 Å². The highest BCUT2D eigenvalue weighted by molar-refractivity contribution is 9.10. The van der Waals surface area contributed by atoms with E-state index in [4.69, 9.17) is 0 Å². The van der Waals surface area contributed by atoms with Crippen LogP contribution >= 0.6 is 15.9 Å². The van der Waals surface area contributed by atoms with Gasteiger partial charge in [0, 0.05) is 17.0 Å². The SMILES string of the molecule is CC(=O)Nc1ccc(Br)cc1NC(=O)c1ccc(C)c(F)c1. The Hall–Kier alpha value is -2.21. The highest BCUT2D eigenvalue weighted by Gasteiger charge is 2.12. The number of hydrogen-bond donors (Lipinski definition) is 2. The topological polar surface area (TPSA) is 58.2 Å². The van der Waals surface area contributed by atoms with E-state index in [2.05, 4.69) is 26.6 Å². The predicted molar refractivity (Wildman–Crippen MR) is 87.5 cm³/mol. The summed E-state index contributed by atoms with van der Waals surface area (Å²) in [6.45, 7) is 3.00. The van der Waals surface area contributed by atoms with Gasteiger partial charge in [-0.15, -0.1) is 0 Å². The van der Waals surface area contributed by atoms with Crippen LogP contribution in [0.15, 0.2) is 40.9 Å². The number of hydrogen-bond acceptors (Lipinski definition) is 2.